The number of nitrogens with one attached hydrogen (secondary N) is 1. The minimum atomic E-state index is 0.586. The number of hydrazone groups is 1. The van der Waals surface area contributed by atoms with Gasteiger partial charge in [0.25, 0.3) is 0 Å². The van der Waals surface area contributed by atoms with E-state index in [4.69, 9.17) is 0 Å². The fourth-order valence-electron chi connectivity index (χ4n) is 2.87. The smallest absolute Gasteiger partial charge is 0.176 e. The van der Waals surface area contributed by atoms with E-state index in [2.05, 4.69) is 27.3 Å². The van der Waals surface area contributed by atoms with E-state index in [9.17, 15) is 0 Å². The summed E-state index contributed by atoms with van der Waals surface area (Å²) in [7, 11) is 0. The van der Waals surface area contributed by atoms with Gasteiger partial charge in [-0.05, 0) is 24.3 Å². The highest BCUT2D eigenvalue weighted by Gasteiger charge is 2.14. The fourth-order valence-corrected chi connectivity index (χ4v) is 2.87. The van der Waals surface area contributed by atoms with E-state index in [1.165, 1.54) is 32.1 Å². The maximum absolute atomic E-state index is 4.29. The number of nitrogens with zero attached hydrogens (tertiary/aromatic N) is 3. The van der Waals surface area contributed by atoms with Gasteiger partial charge in [-0.15, -0.1) is 5.10 Å². The van der Waals surface area contributed by atoms with Gasteiger partial charge in [-0.1, -0.05) is 50.1 Å². The number of benzene rings is 1. The van der Waals surface area contributed by atoms with Gasteiger partial charge >= 0.3 is 0 Å². The molecule has 0 aliphatic heterocycles. The van der Waals surface area contributed by atoms with Crippen LogP contribution in [0.15, 0.2) is 47.7 Å². The van der Waals surface area contributed by atoms with Crippen molar-refractivity contribution >= 4 is 22.8 Å². The molecule has 0 saturated heterocycles. The molecule has 1 aliphatic rings. The molecule has 1 aliphatic carbocycles. The summed E-state index contributed by atoms with van der Waals surface area (Å²) in [5, 5.41) is 14.5. The summed E-state index contributed by atoms with van der Waals surface area (Å²) in [6.07, 6.45) is 10.0. The molecule has 0 unspecified atom stereocenters. The van der Waals surface area contributed by atoms with Crippen LogP contribution in [0.1, 0.15) is 32.1 Å². The molecule has 0 atom stereocenters. The lowest BCUT2D eigenvalue weighted by molar-refractivity contribution is 0.413. The molecule has 1 heterocycles. The molecule has 4 nitrogen and oxygen atoms in total. The van der Waals surface area contributed by atoms with Gasteiger partial charge in [0.15, 0.2) is 5.82 Å². The summed E-state index contributed by atoms with van der Waals surface area (Å²) < 4.78 is 0. The molecular formula is C17H20N4. The lowest BCUT2D eigenvalue weighted by Gasteiger charge is -2.21. The first-order valence-electron chi connectivity index (χ1n) is 7.53. The Morgan fingerprint density at radius 3 is 2.90 bits per heavy atom. The molecule has 0 bridgehead atoms. The number of aromatic nitrogens is 2. The van der Waals surface area contributed by atoms with Crippen LogP contribution in [0.2, 0.25) is 0 Å². The molecule has 2 aromatic rings. The predicted molar refractivity (Wildman–Crippen MR) is 87.4 cm³/mol. The van der Waals surface area contributed by atoms with E-state index < -0.39 is 0 Å². The first-order valence-corrected chi connectivity index (χ1v) is 7.53. The molecule has 1 N–H and O–H groups in total. The van der Waals surface area contributed by atoms with Crippen LogP contribution in [0.3, 0.4) is 0 Å². The number of hydrogen-bond acceptors (Lipinski definition) is 4. The van der Waals surface area contributed by atoms with Crippen molar-refractivity contribution in [1.82, 2.24) is 10.2 Å². The second kappa shape index (κ2) is 6.48. The first-order chi connectivity index (χ1) is 10.3. The highest BCUT2D eigenvalue weighted by atomic mass is 15.3. The average molecular weight is 280 g/mol. The molecule has 0 radical (unpaired) electrons. The third-order valence-electron chi connectivity index (χ3n) is 4.10. The van der Waals surface area contributed by atoms with Gasteiger partial charge in [-0.25, -0.2) is 0 Å². The second-order valence-electron chi connectivity index (χ2n) is 5.56. The molecule has 1 fully saturated rings. The van der Waals surface area contributed by atoms with Crippen molar-refractivity contribution in [3.8, 4) is 0 Å². The number of allylic oxidation sites excluding steroid dienone is 1. The SMILES string of the molecule is C=C(/C=N/Nc1nncc2ccccc12)C1CCCCC1. The van der Waals surface area contributed by atoms with Crippen LogP contribution >= 0.6 is 0 Å². The number of anilines is 1. The van der Waals surface area contributed by atoms with E-state index in [-0.39, 0.29) is 0 Å². The molecule has 0 amide bonds. The predicted octanol–water partition coefficient (Wildman–Crippen LogP) is 4.16. The van der Waals surface area contributed by atoms with E-state index in [0.717, 1.165) is 16.3 Å². The van der Waals surface area contributed by atoms with Crippen LogP contribution in [0.4, 0.5) is 5.82 Å². The zero-order valence-electron chi connectivity index (χ0n) is 12.1. The number of fused-ring (bicyclic) bond motifs is 1. The summed E-state index contributed by atoms with van der Waals surface area (Å²) in [6.45, 7) is 4.15. The zero-order chi connectivity index (χ0) is 14.5. The average Bonchev–Trinajstić information content (AvgIpc) is 2.56. The lowest BCUT2D eigenvalue weighted by atomic mass is 9.85. The number of hydrogen-bond donors (Lipinski definition) is 1. The van der Waals surface area contributed by atoms with E-state index in [0.29, 0.717) is 11.7 Å². The largest absolute Gasteiger partial charge is 0.259 e. The highest BCUT2D eigenvalue weighted by Crippen LogP contribution is 2.28. The zero-order valence-corrected chi connectivity index (χ0v) is 12.1. The van der Waals surface area contributed by atoms with Crippen LogP contribution in [0.25, 0.3) is 10.8 Å². The molecule has 21 heavy (non-hydrogen) atoms. The van der Waals surface area contributed by atoms with Gasteiger partial charge in [0.1, 0.15) is 0 Å². The molecule has 4 heteroatoms. The Hall–Kier alpha value is -2.23. The summed E-state index contributed by atoms with van der Waals surface area (Å²) in [6, 6.07) is 8.00. The Morgan fingerprint density at radius 2 is 2.05 bits per heavy atom. The van der Waals surface area contributed by atoms with Crippen molar-refractivity contribution in [3.63, 3.8) is 0 Å². The molecule has 108 valence electrons. The third-order valence-corrected chi connectivity index (χ3v) is 4.10. The summed E-state index contributed by atoms with van der Waals surface area (Å²) in [5.41, 5.74) is 4.10. The monoisotopic (exact) mass is 280 g/mol. The van der Waals surface area contributed by atoms with Crippen LogP contribution < -0.4 is 5.43 Å². The number of rotatable bonds is 4. The summed E-state index contributed by atoms with van der Waals surface area (Å²) >= 11 is 0. The topological polar surface area (TPSA) is 50.2 Å². The Kier molecular flexibility index (Phi) is 4.24. The molecule has 0 spiro atoms. The van der Waals surface area contributed by atoms with Crippen molar-refractivity contribution in [3.05, 3.63) is 42.6 Å². The van der Waals surface area contributed by atoms with Crippen LogP contribution in [-0.2, 0) is 0 Å². The van der Waals surface area contributed by atoms with Crippen molar-refractivity contribution in [2.24, 2.45) is 11.0 Å². The van der Waals surface area contributed by atoms with Crippen molar-refractivity contribution in [2.75, 3.05) is 5.43 Å². The van der Waals surface area contributed by atoms with Crippen LogP contribution in [0, 0.1) is 5.92 Å². The first kappa shape index (κ1) is 13.7. The standard InChI is InChI=1S/C17H20N4/c1-13(14-7-3-2-4-8-14)11-18-20-17-16-10-6-5-9-15(16)12-19-21-17/h5-6,9-12,14H,1-4,7-8H2,(H,20,21)/b18-11+. The Labute approximate surface area is 125 Å². The minimum absolute atomic E-state index is 0.586. The summed E-state index contributed by atoms with van der Waals surface area (Å²) in [5.74, 6) is 1.27. The van der Waals surface area contributed by atoms with E-state index >= 15 is 0 Å². The third kappa shape index (κ3) is 3.27. The lowest BCUT2D eigenvalue weighted by Crippen LogP contribution is -2.09. The molecule has 1 aromatic carbocycles. The van der Waals surface area contributed by atoms with Gasteiger partial charge < -0.3 is 0 Å². The molecule has 1 aromatic heterocycles. The van der Waals surface area contributed by atoms with E-state index in [1.54, 1.807) is 6.20 Å². The van der Waals surface area contributed by atoms with Crippen LogP contribution in [0.5, 0.6) is 0 Å². The van der Waals surface area contributed by atoms with Gasteiger partial charge in [-0.2, -0.15) is 10.2 Å². The van der Waals surface area contributed by atoms with Crippen molar-refractivity contribution in [2.45, 2.75) is 32.1 Å². The quantitative estimate of drug-likeness (QED) is 0.675. The second-order valence-corrected chi connectivity index (χ2v) is 5.56. The highest BCUT2D eigenvalue weighted by molar-refractivity contribution is 5.91. The van der Waals surface area contributed by atoms with Crippen molar-refractivity contribution in [1.29, 1.82) is 0 Å². The maximum Gasteiger partial charge on any atom is 0.176 e. The fraction of sp³-hybridized carbons (Fsp3) is 0.353. The Balaban J connectivity index is 1.68. The summed E-state index contributed by atoms with van der Waals surface area (Å²) in [4.78, 5) is 0. The maximum atomic E-state index is 4.29. The minimum Gasteiger partial charge on any atom is -0.259 e. The normalized spacial score (nSPS) is 16.4. The van der Waals surface area contributed by atoms with Gasteiger partial charge in [0.05, 0.1) is 12.4 Å². The molecule has 3 rings (SSSR count). The molecule has 1 saturated carbocycles. The van der Waals surface area contributed by atoms with Gasteiger partial charge in [-0.3, -0.25) is 5.43 Å². The molecular weight excluding hydrogens is 260 g/mol. The van der Waals surface area contributed by atoms with Crippen LogP contribution in [-0.4, -0.2) is 16.4 Å². The Bertz CT molecular complexity index is 651. The van der Waals surface area contributed by atoms with E-state index in [1.807, 2.05) is 30.5 Å². The van der Waals surface area contributed by atoms with Gasteiger partial charge in [0, 0.05) is 10.8 Å². The van der Waals surface area contributed by atoms with Gasteiger partial charge in [0.2, 0.25) is 0 Å². The Morgan fingerprint density at radius 1 is 1.24 bits per heavy atom. The van der Waals surface area contributed by atoms with Crippen molar-refractivity contribution < 1.29 is 0 Å².